The van der Waals surface area contributed by atoms with E-state index >= 15 is 0 Å². The molecule has 23 heavy (non-hydrogen) atoms. The fourth-order valence-corrected chi connectivity index (χ4v) is 4.66. The van der Waals surface area contributed by atoms with Crippen LogP contribution in [-0.4, -0.2) is 55.3 Å². The summed E-state index contributed by atoms with van der Waals surface area (Å²) in [6, 6.07) is 4.26. The van der Waals surface area contributed by atoms with E-state index in [9.17, 15) is 0 Å². The second kappa shape index (κ2) is 6.78. The van der Waals surface area contributed by atoms with Crippen LogP contribution in [0, 0.1) is 5.41 Å². The summed E-state index contributed by atoms with van der Waals surface area (Å²) in [5, 5.41) is 0. The Labute approximate surface area is 139 Å². The van der Waals surface area contributed by atoms with E-state index in [0.717, 1.165) is 13.2 Å². The first-order chi connectivity index (χ1) is 11.3. The van der Waals surface area contributed by atoms with Gasteiger partial charge in [0.05, 0.1) is 18.0 Å². The van der Waals surface area contributed by atoms with E-state index in [1.807, 2.05) is 12.4 Å². The predicted molar refractivity (Wildman–Crippen MR) is 92.8 cm³/mol. The molecule has 1 aromatic heterocycles. The van der Waals surface area contributed by atoms with Gasteiger partial charge in [0, 0.05) is 32.4 Å². The third-order valence-corrected chi connectivity index (χ3v) is 6.08. The highest BCUT2D eigenvalue weighted by molar-refractivity contribution is 5.44. The van der Waals surface area contributed by atoms with Crippen molar-refractivity contribution in [2.45, 2.75) is 44.6 Å². The summed E-state index contributed by atoms with van der Waals surface area (Å²) < 4.78 is 5.81. The molecule has 3 fully saturated rings. The van der Waals surface area contributed by atoms with Crippen molar-refractivity contribution in [2.24, 2.45) is 5.41 Å². The van der Waals surface area contributed by atoms with Crippen molar-refractivity contribution in [1.82, 2.24) is 9.88 Å². The van der Waals surface area contributed by atoms with E-state index in [2.05, 4.69) is 26.9 Å². The molecule has 3 aliphatic rings. The van der Waals surface area contributed by atoms with E-state index < -0.39 is 0 Å². The molecular formula is C19H29N3O. The van der Waals surface area contributed by atoms with Gasteiger partial charge < -0.3 is 14.5 Å². The number of hydrogen-bond acceptors (Lipinski definition) is 4. The number of aromatic nitrogens is 1. The highest BCUT2D eigenvalue weighted by atomic mass is 16.5. The van der Waals surface area contributed by atoms with Crippen LogP contribution in [0.1, 0.15) is 38.5 Å². The van der Waals surface area contributed by atoms with Gasteiger partial charge in [0.15, 0.2) is 0 Å². The Kier molecular flexibility index (Phi) is 4.54. The minimum atomic E-state index is 0.502. The number of hydrogen-bond donors (Lipinski definition) is 0. The average molecular weight is 315 g/mol. The van der Waals surface area contributed by atoms with E-state index in [4.69, 9.17) is 4.74 Å². The summed E-state index contributed by atoms with van der Waals surface area (Å²) in [5.74, 6) is 0. The molecule has 1 spiro atoms. The number of ether oxygens (including phenoxy) is 1. The van der Waals surface area contributed by atoms with Gasteiger partial charge in [-0.2, -0.15) is 0 Å². The fourth-order valence-electron chi connectivity index (χ4n) is 4.66. The number of rotatable bonds is 3. The zero-order valence-electron chi connectivity index (χ0n) is 14.1. The van der Waals surface area contributed by atoms with Crippen molar-refractivity contribution < 1.29 is 4.74 Å². The van der Waals surface area contributed by atoms with Crippen LogP contribution >= 0.6 is 0 Å². The van der Waals surface area contributed by atoms with Crippen LogP contribution < -0.4 is 4.90 Å². The standard InChI is InChI=1S/C19H29N3O/c1-4-17(14-20-9-1)22-10-3-6-19(16-22)7-11-21(12-8-19)15-18-5-2-13-23-18/h1,4,9,14,18H,2-3,5-8,10-13,15-16H2/t18-/m1/s1. The summed E-state index contributed by atoms with van der Waals surface area (Å²) in [6.45, 7) is 7.03. The Balaban J connectivity index is 1.34. The van der Waals surface area contributed by atoms with Crippen molar-refractivity contribution in [3.8, 4) is 0 Å². The first-order valence-electron chi connectivity index (χ1n) is 9.32. The van der Waals surface area contributed by atoms with Gasteiger partial charge in [-0.1, -0.05) is 0 Å². The van der Waals surface area contributed by atoms with E-state index in [-0.39, 0.29) is 0 Å². The van der Waals surface area contributed by atoms with Gasteiger partial charge in [-0.05, 0) is 69.2 Å². The maximum Gasteiger partial charge on any atom is 0.0702 e. The van der Waals surface area contributed by atoms with Crippen LogP contribution in [0.3, 0.4) is 0 Å². The fraction of sp³-hybridized carbons (Fsp3) is 0.737. The van der Waals surface area contributed by atoms with Crippen molar-refractivity contribution in [1.29, 1.82) is 0 Å². The first kappa shape index (κ1) is 15.4. The van der Waals surface area contributed by atoms with Crippen molar-refractivity contribution in [2.75, 3.05) is 44.2 Å². The lowest BCUT2D eigenvalue weighted by molar-refractivity contribution is 0.0354. The van der Waals surface area contributed by atoms with Gasteiger partial charge in [-0.15, -0.1) is 0 Å². The van der Waals surface area contributed by atoms with Crippen molar-refractivity contribution in [3.63, 3.8) is 0 Å². The molecule has 1 atom stereocenters. The van der Waals surface area contributed by atoms with Crippen LogP contribution in [0.5, 0.6) is 0 Å². The molecule has 0 amide bonds. The lowest BCUT2D eigenvalue weighted by Gasteiger charge is -2.48. The average Bonchev–Trinajstić information content (AvgIpc) is 3.11. The topological polar surface area (TPSA) is 28.6 Å². The molecule has 3 aliphatic heterocycles. The molecule has 0 aliphatic carbocycles. The second-order valence-electron chi connectivity index (χ2n) is 7.67. The van der Waals surface area contributed by atoms with Crippen LogP contribution in [0.4, 0.5) is 5.69 Å². The molecule has 4 nitrogen and oxygen atoms in total. The van der Waals surface area contributed by atoms with E-state index in [0.29, 0.717) is 11.5 Å². The maximum atomic E-state index is 5.81. The molecule has 4 rings (SSSR count). The lowest BCUT2D eigenvalue weighted by Crippen LogP contribution is -2.50. The third-order valence-electron chi connectivity index (χ3n) is 6.08. The number of anilines is 1. The minimum absolute atomic E-state index is 0.502. The molecule has 1 aromatic rings. The van der Waals surface area contributed by atoms with Gasteiger partial charge in [0.2, 0.25) is 0 Å². The Morgan fingerprint density at radius 2 is 2.09 bits per heavy atom. The SMILES string of the molecule is c1cncc(N2CCCC3(CCN(C[C@H]4CCCO4)CC3)C2)c1. The summed E-state index contributed by atoms with van der Waals surface area (Å²) in [7, 11) is 0. The quantitative estimate of drug-likeness (QED) is 0.857. The third kappa shape index (κ3) is 3.53. The van der Waals surface area contributed by atoms with Crippen LogP contribution in [0.25, 0.3) is 0 Å². The zero-order valence-corrected chi connectivity index (χ0v) is 14.1. The molecule has 3 saturated heterocycles. The minimum Gasteiger partial charge on any atom is -0.377 e. The van der Waals surface area contributed by atoms with Gasteiger partial charge in [-0.3, -0.25) is 4.98 Å². The summed E-state index contributed by atoms with van der Waals surface area (Å²) in [6.07, 6.45) is 12.3. The highest BCUT2D eigenvalue weighted by Crippen LogP contribution is 2.41. The van der Waals surface area contributed by atoms with Crippen LogP contribution in [0.2, 0.25) is 0 Å². The van der Waals surface area contributed by atoms with E-state index in [1.54, 1.807) is 0 Å². The molecule has 0 saturated carbocycles. The number of piperidine rings is 2. The monoisotopic (exact) mass is 315 g/mol. The molecule has 4 heteroatoms. The smallest absolute Gasteiger partial charge is 0.0702 e. The Hall–Kier alpha value is -1.13. The molecule has 0 aromatic carbocycles. The van der Waals surface area contributed by atoms with Gasteiger partial charge in [-0.25, -0.2) is 0 Å². The first-order valence-corrected chi connectivity index (χ1v) is 9.32. The molecular weight excluding hydrogens is 286 g/mol. The normalized spacial score (nSPS) is 28.3. The van der Waals surface area contributed by atoms with Crippen LogP contribution in [0.15, 0.2) is 24.5 Å². The molecule has 0 unspecified atom stereocenters. The highest BCUT2D eigenvalue weighted by Gasteiger charge is 2.38. The summed E-state index contributed by atoms with van der Waals surface area (Å²) in [5.41, 5.74) is 1.83. The largest absolute Gasteiger partial charge is 0.377 e. The zero-order chi connectivity index (χ0) is 15.5. The lowest BCUT2D eigenvalue weighted by atomic mass is 9.72. The van der Waals surface area contributed by atoms with Gasteiger partial charge in [0.25, 0.3) is 0 Å². The second-order valence-corrected chi connectivity index (χ2v) is 7.67. The Bertz CT molecular complexity index is 493. The summed E-state index contributed by atoms with van der Waals surface area (Å²) in [4.78, 5) is 9.50. The molecule has 4 heterocycles. The number of likely N-dealkylation sites (tertiary alicyclic amines) is 1. The van der Waals surface area contributed by atoms with Crippen molar-refractivity contribution in [3.05, 3.63) is 24.5 Å². The van der Waals surface area contributed by atoms with Gasteiger partial charge >= 0.3 is 0 Å². The molecule has 0 bridgehead atoms. The maximum absolute atomic E-state index is 5.81. The Morgan fingerprint density at radius 3 is 2.83 bits per heavy atom. The van der Waals surface area contributed by atoms with E-state index in [1.165, 1.54) is 70.4 Å². The van der Waals surface area contributed by atoms with Crippen molar-refractivity contribution >= 4 is 5.69 Å². The summed E-state index contributed by atoms with van der Waals surface area (Å²) >= 11 is 0. The number of nitrogens with zero attached hydrogens (tertiary/aromatic N) is 3. The predicted octanol–water partition coefficient (Wildman–Crippen LogP) is 2.94. The van der Waals surface area contributed by atoms with Crippen LogP contribution in [-0.2, 0) is 4.74 Å². The van der Waals surface area contributed by atoms with Gasteiger partial charge in [0.1, 0.15) is 0 Å². The molecule has 126 valence electrons. The number of pyridine rings is 1. The Morgan fingerprint density at radius 1 is 1.17 bits per heavy atom. The molecule has 0 radical (unpaired) electrons. The molecule has 0 N–H and O–H groups in total.